The molecule has 0 unspecified atom stereocenters. The summed E-state index contributed by atoms with van der Waals surface area (Å²) in [6, 6.07) is 10.3. The fraction of sp³-hybridized carbons (Fsp3) is 0.0833. The lowest BCUT2D eigenvalue weighted by atomic mass is 10.1. The highest BCUT2D eigenvalue weighted by atomic mass is 16.5. The van der Waals surface area contributed by atoms with E-state index in [4.69, 9.17) is 4.74 Å². The number of H-pyrrole nitrogens is 1. The summed E-state index contributed by atoms with van der Waals surface area (Å²) in [5.74, 6) is 0.107. The molecule has 4 heteroatoms. The van der Waals surface area contributed by atoms with Gasteiger partial charge in [-0.25, -0.2) is 0 Å². The normalized spacial score (nSPS) is 10.1. The van der Waals surface area contributed by atoms with Crippen LogP contribution in [0, 0.1) is 0 Å². The third-order valence-electron chi connectivity index (χ3n) is 2.26. The Labute approximate surface area is 92.1 Å². The zero-order valence-electron chi connectivity index (χ0n) is 8.73. The molecule has 0 saturated carbocycles. The van der Waals surface area contributed by atoms with Gasteiger partial charge in [-0.1, -0.05) is 30.3 Å². The minimum absolute atomic E-state index is 0.0618. The van der Waals surface area contributed by atoms with Crippen LogP contribution in [0.15, 0.2) is 41.2 Å². The average molecular weight is 217 g/mol. The summed E-state index contributed by atoms with van der Waals surface area (Å²) < 4.78 is 4.92. The molecule has 2 N–H and O–H groups in total. The van der Waals surface area contributed by atoms with Gasteiger partial charge in [0.1, 0.15) is 0 Å². The molecule has 0 aliphatic rings. The lowest BCUT2D eigenvalue weighted by molar-refractivity contribution is 0.372. The van der Waals surface area contributed by atoms with E-state index in [-0.39, 0.29) is 17.1 Å². The predicted molar refractivity (Wildman–Crippen MR) is 60.7 cm³/mol. The Kier molecular flexibility index (Phi) is 2.64. The Hall–Kier alpha value is -2.23. The topological polar surface area (TPSA) is 62.3 Å². The largest absolute Gasteiger partial charge is 0.503 e. The highest BCUT2D eigenvalue weighted by Gasteiger charge is 2.11. The van der Waals surface area contributed by atoms with Crippen LogP contribution in [0.25, 0.3) is 11.3 Å². The van der Waals surface area contributed by atoms with E-state index in [1.54, 1.807) is 12.1 Å². The van der Waals surface area contributed by atoms with Crippen LogP contribution < -0.4 is 10.3 Å². The Morgan fingerprint density at radius 1 is 1.25 bits per heavy atom. The van der Waals surface area contributed by atoms with Gasteiger partial charge in [0.15, 0.2) is 11.5 Å². The summed E-state index contributed by atoms with van der Waals surface area (Å²) >= 11 is 0. The van der Waals surface area contributed by atoms with Gasteiger partial charge in [0, 0.05) is 11.6 Å². The second-order valence-electron chi connectivity index (χ2n) is 3.29. The van der Waals surface area contributed by atoms with Gasteiger partial charge in [0.25, 0.3) is 5.56 Å². The Morgan fingerprint density at radius 3 is 2.56 bits per heavy atom. The van der Waals surface area contributed by atoms with Crippen molar-refractivity contribution in [2.24, 2.45) is 0 Å². The monoisotopic (exact) mass is 217 g/mol. The van der Waals surface area contributed by atoms with Crippen LogP contribution in [0.2, 0.25) is 0 Å². The number of hydrogen-bond donors (Lipinski definition) is 2. The molecule has 4 nitrogen and oxygen atoms in total. The molecule has 1 aromatic carbocycles. The molecule has 16 heavy (non-hydrogen) atoms. The van der Waals surface area contributed by atoms with E-state index in [9.17, 15) is 9.90 Å². The summed E-state index contributed by atoms with van der Waals surface area (Å²) in [5, 5.41) is 9.87. The fourth-order valence-corrected chi connectivity index (χ4v) is 1.50. The van der Waals surface area contributed by atoms with E-state index in [2.05, 4.69) is 4.98 Å². The van der Waals surface area contributed by atoms with Crippen LogP contribution in [0.1, 0.15) is 0 Å². The van der Waals surface area contributed by atoms with Crippen molar-refractivity contribution in [2.75, 3.05) is 7.11 Å². The van der Waals surface area contributed by atoms with E-state index in [0.717, 1.165) is 5.56 Å². The summed E-state index contributed by atoms with van der Waals surface area (Å²) in [6.07, 6.45) is 0. The number of nitrogens with one attached hydrogen (secondary N) is 1. The smallest absolute Gasteiger partial charge is 0.252 e. The molecular formula is C12H11NO3. The molecule has 0 aliphatic heterocycles. The second-order valence-corrected chi connectivity index (χ2v) is 3.29. The minimum Gasteiger partial charge on any atom is -0.503 e. The highest BCUT2D eigenvalue weighted by Crippen LogP contribution is 2.33. The molecule has 0 spiro atoms. The summed E-state index contributed by atoms with van der Waals surface area (Å²) in [4.78, 5) is 13.9. The summed E-state index contributed by atoms with van der Waals surface area (Å²) in [5.41, 5.74) is 0.787. The van der Waals surface area contributed by atoms with Crippen molar-refractivity contribution in [2.45, 2.75) is 0 Å². The molecule has 0 bridgehead atoms. The highest BCUT2D eigenvalue weighted by molar-refractivity contribution is 5.68. The first-order valence-corrected chi connectivity index (χ1v) is 4.78. The lowest BCUT2D eigenvalue weighted by Crippen LogP contribution is -2.06. The van der Waals surface area contributed by atoms with Gasteiger partial charge in [-0.2, -0.15) is 0 Å². The Balaban J connectivity index is 2.66. The maximum absolute atomic E-state index is 11.3. The number of methoxy groups -OCH3 is 1. The van der Waals surface area contributed by atoms with Gasteiger partial charge in [0.2, 0.25) is 0 Å². The maximum Gasteiger partial charge on any atom is 0.252 e. The SMILES string of the molecule is COc1cc(=O)[nH]c(-c2ccccc2)c1O. The molecule has 0 radical (unpaired) electrons. The first kappa shape index (κ1) is 10.3. The van der Waals surface area contributed by atoms with Gasteiger partial charge >= 0.3 is 0 Å². The summed E-state index contributed by atoms with van der Waals surface area (Å²) in [6.45, 7) is 0. The van der Waals surface area contributed by atoms with Gasteiger partial charge in [0.05, 0.1) is 12.8 Å². The first-order valence-electron chi connectivity index (χ1n) is 4.78. The van der Waals surface area contributed by atoms with Crippen LogP contribution >= 0.6 is 0 Å². The molecule has 0 amide bonds. The van der Waals surface area contributed by atoms with E-state index < -0.39 is 0 Å². The van der Waals surface area contributed by atoms with Crippen molar-refractivity contribution in [3.63, 3.8) is 0 Å². The molecule has 82 valence electrons. The van der Waals surface area contributed by atoms with Crippen molar-refractivity contribution in [3.8, 4) is 22.8 Å². The molecule has 2 rings (SSSR count). The Bertz CT molecular complexity index is 546. The van der Waals surface area contributed by atoms with Crippen LogP contribution in [-0.2, 0) is 0 Å². The van der Waals surface area contributed by atoms with Crippen LogP contribution in [-0.4, -0.2) is 17.2 Å². The molecule has 0 atom stereocenters. The molecule has 0 saturated heterocycles. The summed E-state index contributed by atoms with van der Waals surface area (Å²) in [7, 11) is 1.41. The van der Waals surface area contributed by atoms with Gasteiger partial charge < -0.3 is 14.8 Å². The van der Waals surface area contributed by atoms with Gasteiger partial charge in [-0.3, -0.25) is 4.79 Å². The lowest BCUT2D eigenvalue weighted by Gasteiger charge is -2.08. The number of aromatic hydroxyl groups is 1. The van der Waals surface area contributed by atoms with Crippen molar-refractivity contribution in [1.29, 1.82) is 0 Å². The molecule has 0 aliphatic carbocycles. The minimum atomic E-state index is -0.312. The molecule has 1 heterocycles. The average Bonchev–Trinajstić information content (AvgIpc) is 2.33. The second kappa shape index (κ2) is 4.10. The zero-order chi connectivity index (χ0) is 11.5. The van der Waals surface area contributed by atoms with Crippen molar-refractivity contribution in [3.05, 3.63) is 46.8 Å². The quantitative estimate of drug-likeness (QED) is 0.805. The maximum atomic E-state index is 11.3. The number of hydrogen-bond acceptors (Lipinski definition) is 3. The van der Waals surface area contributed by atoms with E-state index in [1.165, 1.54) is 13.2 Å². The number of aromatic nitrogens is 1. The van der Waals surface area contributed by atoms with E-state index in [1.807, 2.05) is 18.2 Å². The van der Waals surface area contributed by atoms with Gasteiger partial charge in [-0.05, 0) is 0 Å². The molecular weight excluding hydrogens is 206 g/mol. The van der Waals surface area contributed by atoms with Crippen LogP contribution in [0.5, 0.6) is 11.5 Å². The number of ether oxygens (including phenoxy) is 1. The van der Waals surface area contributed by atoms with Crippen LogP contribution in [0.4, 0.5) is 0 Å². The molecule has 2 aromatic rings. The van der Waals surface area contributed by atoms with Crippen LogP contribution in [0.3, 0.4) is 0 Å². The fourth-order valence-electron chi connectivity index (χ4n) is 1.50. The number of pyridine rings is 1. The zero-order valence-corrected chi connectivity index (χ0v) is 8.73. The standard InChI is InChI=1S/C12H11NO3/c1-16-9-7-10(14)13-11(12(9)15)8-5-3-2-4-6-8/h2-7,15H,1H3,(H,13,14). The number of benzene rings is 1. The van der Waals surface area contributed by atoms with E-state index >= 15 is 0 Å². The van der Waals surface area contributed by atoms with Crippen molar-refractivity contribution in [1.82, 2.24) is 4.98 Å². The third kappa shape index (κ3) is 1.77. The van der Waals surface area contributed by atoms with E-state index in [0.29, 0.717) is 5.69 Å². The number of aromatic amines is 1. The molecule has 1 aromatic heterocycles. The van der Waals surface area contributed by atoms with Crippen molar-refractivity contribution < 1.29 is 9.84 Å². The number of rotatable bonds is 2. The van der Waals surface area contributed by atoms with Crippen molar-refractivity contribution >= 4 is 0 Å². The Morgan fingerprint density at radius 2 is 1.94 bits per heavy atom. The first-order chi connectivity index (χ1) is 7.72. The van der Waals surface area contributed by atoms with Gasteiger partial charge in [-0.15, -0.1) is 0 Å². The predicted octanol–water partition coefficient (Wildman–Crippen LogP) is 1.76. The third-order valence-corrected chi connectivity index (χ3v) is 2.26. The molecule has 0 fully saturated rings.